The molecule has 1 saturated carbocycles. The van der Waals surface area contributed by atoms with Gasteiger partial charge in [0, 0.05) is 12.2 Å². The molecule has 0 bridgehead atoms. The third kappa shape index (κ3) is 4.43. The van der Waals surface area contributed by atoms with Gasteiger partial charge in [0.1, 0.15) is 6.07 Å². The van der Waals surface area contributed by atoms with Gasteiger partial charge in [0.25, 0.3) is 0 Å². The number of benzene rings is 1. The van der Waals surface area contributed by atoms with Crippen LogP contribution in [-0.4, -0.2) is 42.2 Å². The van der Waals surface area contributed by atoms with Gasteiger partial charge >= 0.3 is 0 Å². The van der Waals surface area contributed by atoms with E-state index in [-0.39, 0.29) is 18.6 Å². The van der Waals surface area contributed by atoms with Crippen LogP contribution in [0.2, 0.25) is 5.02 Å². The molecule has 0 radical (unpaired) electrons. The van der Waals surface area contributed by atoms with Crippen LogP contribution in [0.15, 0.2) is 18.2 Å². The maximum absolute atomic E-state index is 11.9. The molecule has 1 fully saturated rings. The molecule has 1 aliphatic rings. The third-order valence-corrected chi connectivity index (χ3v) is 3.88. The van der Waals surface area contributed by atoms with Crippen molar-refractivity contribution in [3.8, 4) is 6.07 Å². The summed E-state index contributed by atoms with van der Waals surface area (Å²) in [5.74, 6) is 0.348. The van der Waals surface area contributed by atoms with Crippen LogP contribution in [0.5, 0.6) is 0 Å². The van der Waals surface area contributed by atoms with Gasteiger partial charge in [0.05, 0.1) is 23.2 Å². The van der Waals surface area contributed by atoms with Gasteiger partial charge in [-0.05, 0) is 44.0 Å². The summed E-state index contributed by atoms with van der Waals surface area (Å²) in [6.45, 7) is 1.09. The Morgan fingerprint density at radius 3 is 2.86 bits per heavy atom. The molecule has 6 heteroatoms. The van der Waals surface area contributed by atoms with Gasteiger partial charge in [-0.1, -0.05) is 11.6 Å². The number of nitrogens with zero attached hydrogens (tertiary/aromatic N) is 2. The maximum Gasteiger partial charge on any atom is 0.238 e. The average molecular weight is 308 g/mol. The summed E-state index contributed by atoms with van der Waals surface area (Å²) in [4.78, 5) is 13.9. The quantitative estimate of drug-likeness (QED) is 0.870. The third-order valence-electron chi connectivity index (χ3n) is 3.57. The molecule has 0 aromatic heterocycles. The lowest BCUT2D eigenvalue weighted by molar-refractivity contribution is -0.117. The zero-order valence-corrected chi connectivity index (χ0v) is 12.6. The number of rotatable bonds is 5. The highest BCUT2D eigenvalue weighted by molar-refractivity contribution is 6.32. The molecule has 1 amide bonds. The fraction of sp³-hybridized carbons (Fsp3) is 0.467. The van der Waals surface area contributed by atoms with Crippen LogP contribution >= 0.6 is 11.6 Å². The standard InChI is InChI=1S/C15H18ClN3O2/c1-19(8-10-4-13(20)5-10)9-15(21)18-12-3-2-11(7-17)14(16)6-12/h2-3,6,10,13,20H,4-5,8-9H2,1H3,(H,18,21). The van der Waals surface area contributed by atoms with E-state index in [0.29, 0.717) is 22.2 Å². The highest BCUT2D eigenvalue weighted by Gasteiger charge is 2.28. The number of halogens is 1. The molecular weight excluding hydrogens is 290 g/mol. The number of aliphatic hydroxyl groups excluding tert-OH is 1. The number of carbonyl (C=O) groups is 1. The Morgan fingerprint density at radius 1 is 1.57 bits per heavy atom. The topological polar surface area (TPSA) is 76.4 Å². The van der Waals surface area contributed by atoms with Gasteiger partial charge in [0.2, 0.25) is 5.91 Å². The summed E-state index contributed by atoms with van der Waals surface area (Å²) in [5, 5.41) is 21.1. The lowest BCUT2D eigenvalue weighted by atomic mass is 9.82. The van der Waals surface area contributed by atoms with E-state index < -0.39 is 0 Å². The van der Waals surface area contributed by atoms with Gasteiger partial charge in [-0.15, -0.1) is 0 Å². The van der Waals surface area contributed by atoms with Crippen molar-refractivity contribution in [2.45, 2.75) is 18.9 Å². The van der Waals surface area contributed by atoms with E-state index in [1.54, 1.807) is 18.2 Å². The van der Waals surface area contributed by atoms with E-state index >= 15 is 0 Å². The lowest BCUT2D eigenvalue weighted by Gasteiger charge is -2.34. The molecule has 0 aliphatic heterocycles. The molecule has 112 valence electrons. The van der Waals surface area contributed by atoms with E-state index in [4.69, 9.17) is 16.9 Å². The minimum absolute atomic E-state index is 0.127. The number of hydrogen-bond donors (Lipinski definition) is 2. The first kappa shape index (κ1) is 15.8. The van der Waals surface area contributed by atoms with E-state index in [1.165, 1.54) is 0 Å². The van der Waals surface area contributed by atoms with E-state index in [0.717, 1.165) is 19.4 Å². The second-order valence-electron chi connectivity index (χ2n) is 5.54. The molecule has 0 spiro atoms. The lowest BCUT2D eigenvalue weighted by Crippen LogP contribution is -2.39. The largest absolute Gasteiger partial charge is 0.393 e. The number of aliphatic hydroxyl groups is 1. The Morgan fingerprint density at radius 2 is 2.29 bits per heavy atom. The molecule has 2 N–H and O–H groups in total. The van der Waals surface area contributed by atoms with Gasteiger partial charge in [0.15, 0.2) is 0 Å². The first-order valence-electron chi connectivity index (χ1n) is 6.84. The first-order chi connectivity index (χ1) is 9.97. The van der Waals surface area contributed by atoms with Gasteiger partial charge in [-0.25, -0.2) is 0 Å². The van der Waals surface area contributed by atoms with Crippen LogP contribution in [0, 0.1) is 17.2 Å². The Kier molecular flexibility index (Phi) is 5.18. The first-order valence-corrected chi connectivity index (χ1v) is 7.22. The highest BCUT2D eigenvalue weighted by Crippen LogP contribution is 2.27. The SMILES string of the molecule is CN(CC(=O)Nc1ccc(C#N)c(Cl)c1)CC1CC(O)C1. The van der Waals surface area contributed by atoms with Gasteiger partial charge in [-0.3, -0.25) is 9.69 Å². The molecule has 0 heterocycles. The molecule has 1 aromatic carbocycles. The van der Waals surface area contributed by atoms with Crippen molar-refractivity contribution < 1.29 is 9.90 Å². The van der Waals surface area contributed by atoms with E-state index in [2.05, 4.69) is 5.32 Å². The predicted molar refractivity (Wildman–Crippen MR) is 81.0 cm³/mol. The Bertz CT molecular complexity index is 565. The fourth-order valence-electron chi connectivity index (χ4n) is 2.48. The number of carbonyl (C=O) groups excluding carboxylic acids is 1. The molecular formula is C15H18ClN3O2. The zero-order chi connectivity index (χ0) is 15.4. The van der Waals surface area contributed by atoms with Crippen molar-refractivity contribution in [2.75, 3.05) is 25.5 Å². The zero-order valence-electron chi connectivity index (χ0n) is 11.8. The summed E-state index contributed by atoms with van der Waals surface area (Å²) in [6, 6.07) is 6.78. The minimum atomic E-state index is -0.169. The summed E-state index contributed by atoms with van der Waals surface area (Å²) >= 11 is 5.92. The number of nitrogens with one attached hydrogen (secondary N) is 1. The van der Waals surface area contributed by atoms with Crippen LogP contribution in [-0.2, 0) is 4.79 Å². The molecule has 0 unspecified atom stereocenters. The fourth-order valence-corrected chi connectivity index (χ4v) is 2.71. The normalized spacial score (nSPS) is 20.7. The summed E-state index contributed by atoms with van der Waals surface area (Å²) in [6.07, 6.45) is 1.46. The summed E-state index contributed by atoms with van der Waals surface area (Å²) in [7, 11) is 1.88. The monoisotopic (exact) mass is 307 g/mol. The van der Waals surface area contributed by atoms with Crippen LogP contribution in [0.3, 0.4) is 0 Å². The molecule has 5 nitrogen and oxygen atoms in total. The molecule has 1 aliphatic carbocycles. The number of anilines is 1. The minimum Gasteiger partial charge on any atom is -0.393 e. The second kappa shape index (κ2) is 6.90. The highest BCUT2D eigenvalue weighted by atomic mass is 35.5. The number of hydrogen-bond acceptors (Lipinski definition) is 4. The van der Waals surface area contributed by atoms with E-state index in [1.807, 2.05) is 18.0 Å². The van der Waals surface area contributed by atoms with Gasteiger partial charge < -0.3 is 10.4 Å². The summed E-state index contributed by atoms with van der Waals surface area (Å²) in [5.41, 5.74) is 0.965. The molecule has 0 saturated heterocycles. The second-order valence-corrected chi connectivity index (χ2v) is 5.95. The number of likely N-dealkylation sites (N-methyl/N-ethyl adjacent to an activating group) is 1. The van der Waals surface area contributed by atoms with Crippen molar-refractivity contribution >= 4 is 23.2 Å². The molecule has 2 rings (SSSR count). The Balaban J connectivity index is 1.81. The van der Waals surface area contributed by atoms with Crippen molar-refractivity contribution in [3.63, 3.8) is 0 Å². The Hall–Kier alpha value is -1.61. The molecule has 0 atom stereocenters. The number of amides is 1. The Labute approximate surface area is 129 Å². The van der Waals surface area contributed by atoms with Crippen molar-refractivity contribution in [3.05, 3.63) is 28.8 Å². The smallest absolute Gasteiger partial charge is 0.238 e. The number of nitriles is 1. The average Bonchev–Trinajstić information content (AvgIpc) is 2.36. The van der Waals surface area contributed by atoms with Crippen LogP contribution in [0.1, 0.15) is 18.4 Å². The maximum atomic E-state index is 11.9. The van der Waals surface area contributed by atoms with Crippen LogP contribution in [0.25, 0.3) is 0 Å². The predicted octanol–water partition coefficient (Wildman–Crippen LogP) is 1.85. The van der Waals surface area contributed by atoms with Gasteiger partial charge in [-0.2, -0.15) is 5.26 Å². The molecule has 1 aromatic rings. The summed E-state index contributed by atoms with van der Waals surface area (Å²) < 4.78 is 0. The van der Waals surface area contributed by atoms with Crippen molar-refractivity contribution in [2.24, 2.45) is 5.92 Å². The van der Waals surface area contributed by atoms with E-state index in [9.17, 15) is 9.90 Å². The van der Waals surface area contributed by atoms with Crippen molar-refractivity contribution in [1.29, 1.82) is 5.26 Å². The van der Waals surface area contributed by atoms with Crippen molar-refractivity contribution in [1.82, 2.24) is 4.90 Å². The molecule has 21 heavy (non-hydrogen) atoms. The van der Waals surface area contributed by atoms with Crippen LogP contribution < -0.4 is 5.32 Å². The van der Waals surface area contributed by atoms with Crippen LogP contribution in [0.4, 0.5) is 5.69 Å².